The van der Waals surface area contributed by atoms with Crippen LogP contribution in [-0.4, -0.2) is 62.7 Å². The number of benzene rings is 1. The topological polar surface area (TPSA) is 114 Å². The molecule has 1 fully saturated rings. The minimum Gasteiger partial charge on any atom is -0.406 e. The van der Waals surface area contributed by atoms with Gasteiger partial charge < -0.3 is 25.6 Å². The number of nitrogens with zero attached hydrogens (tertiary/aromatic N) is 6. The molecule has 2 amide bonds. The van der Waals surface area contributed by atoms with Crippen molar-refractivity contribution in [3.05, 3.63) is 30.0 Å². The van der Waals surface area contributed by atoms with E-state index in [1.807, 2.05) is 6.92 Å². The molecule has 13 heteroatoms. The van der Waals surface area contributed by atoms with Crippen LogP contribution in [0.4, 0.5) is 35.4 Å². The Morgan fingerprint density at radius 3 is 2.74 bits per heavy atom. The summed E-state index contributed by atoms with van der Waals surface area (Å²) >= 11 is 0. The number of hydrogen-bond donors (Lipinski definition) is 2. The quantitative estimate of drug-likeness (QED) is 0.591. The summed E-state index contributed by atoms with van der Waals surface area (Å²) in [5.74, 6) is 0.488. The Kier molecular flexibility index (Phi) is 6.11. The summed E-state index contributed by atoms with van der Waals surface area (Å²) in [5, 5.41) is 7.82. The highest BCUT2D eigenvalue weighted by molar-refractivity contribution is 5.91. The Bertz CT molecular complexity index is 1210. The summed E-state index contributed by atoms with van der Waals surface area (Å²) < 4.78 is 42.9. The van der Waals surface area contributed by atoms with E-state index in [9.17, 15) is 18.0 Å². The maximum Gasteiger partial charge on any atom is 0.573 e. The molecule has 4 rings (SSSR count). The van der Waals surface area contributed by atoms with Crippen molar-refractivity contribution in [3.8, 4) is 5.75 Å². The zero-order valence-corrected chi connectivity index (χ0v) is 18.9. The molecule has 34 heavy (non-hydrogen) atoms. The maximum atomic E-state index is 12.9. The lowest BCUT2D eigenvalue weighted by molar-refractivity contribution is -0.274. The summed E-state index contributed by atoms with van der Waals surface area (Å²) in [6.45, 7) is 4.99. The smallest absolute Gasteiger partial charge is 0.406 e. The van der Waals surface area contributed by atoms with Crippen LogP contribution in [0.5, 0.6) is 5.75 Å². The van der Waals surface area contributed by atoms with Gasteiger partial charge in [0.1, 0.15) is 11.6 Å². The van der Waals surface area contributed by atoms with Gasteiger partial charge in [-0.05, 0) is 37.1 Å². The van der Waals surface area contributed by atoms with Gasteiger partial charge in [-0.25, -0.2) is 4.79 Å². The fourth-order valence-electron chi connectivity index (χ4n) is 4.08. The molecule has 1 saturated heterocycles. The fraction of sp³-hybridized carbons (Fsp3) is 0.429. The van der Waals surface area contributed by atoms with Gasteiger partial charge >= 0.3 is 12.4 Å². The van der Waals surface area contributed by atoms with Gasteiger partial charge in [-0.2, -0.15) is 15.1 Å². The zero-order valence-electron chi connectivity index (χ0n) is 18.9. The normalized spacial score (nSPS) is 16.7. The van der Waals surface area contributed by atoms with E-state index in [-0.39, 0.29) is 23.8 Å². The third-order valence-corrected chi connectivity index (χ3v) is 5.78. The molecule has 0 aliphatic carbocycles. The van der Waals surface area contributed by atoms with Crippen LogP contribution in [-0.2, 0) is 7.05 Å². The Morgan fingerprint density at radius 2 is 2.06 bits per heavy atom. The van der Waals surface area contributed by atoms with Gasteiger partial charge in [0, 0.05) is 38.4 Å². The van der Waals surface area contributed by atoms with Crippen molar-refractivity contribution >= 4 is 34.5 Å². The second kappa shape index (κ2) is 8.88. The lowest BCUT2D eigenvalue weighted by atomic mass is 10.1. The van der Waals surface area contributed by atoms with E-state index in [0.717, 1.165) is 11.8 Å². The highest BCUT2D eigenvalue weighted by Gasteiger charge is 2.32. The van der Waals surface area contributed by atoms with Crippen LogP contribution >= 0.6 is 0 Å². The van der Waals surface area contributed by atoms with Crippen molar-refractivity contribution < 1.29 is 22.7 Å². The van der Waals surface area contributed by atoms with Crippen LogP contribution in [0.3, 0.4) is 0 Å². The van der Waals surface area contributed by atoms with Crippen LogP contribution < -0.4 is 20.7 Å². The summed E-state index contributed by atoms with van der Waals surface area (Å²) in [6.07, 6.45) is -2.33. The second-order valence-corrected chi connectivity index (χ2v) is 8.07. The van der Waals surface area contributed by atoms with Gasteiger partial charge in [-0.1, -0.05) is 6.92 Å². The predicted octanol–water partition coefficient (Wildman–Crippen LogP) is 3.29. The van der Waals surface area contributed by atoms with Gasteiger partial charge in [0.25, 0.3) is 0 Å². The van der Waals surface area contributed by atoms with Crippen LogP contribution in [0.15, 0.2) is 24.4 Å². The van der Waals surface area contributed by atoms with E-state index in [1.54, 1.807) is 29.7 Å². The minimum atomic E-state index is -4.78. The number of nitrogens with two attached hydrogens (primary N) is 1. The third kappa shape index (κ3) is 4.77. The number of aryl methyl sites for hydroxylation is 2. The Hall–Kier alpha value is -3.77. The van der Waals surface area contributed by atoms with E-state index in [0.29, 0.717) is 42.4 Å². The summed E-state index contributed by atoms with van der Waals surface area (Å²) in [6, 6.07) is 3.43. The average Bonchev–Trinajstić information content (AvgIpc) is 3.14. The number of anilines is 3. The molecule has 10 nitrogen and oxygen atoms in total. The number of hydrogen-bond acceptors (Lipinski definition) is 7. The number of piperazine rings is 1. The molecule has 0 unspecified atom stereocenters. The molecule has 3 N–H and O–H groups in total. The molecule has 2 aromatic heterocycles. The molecule has 1 aromatic carbocycles. The van der Waals surface area contributed by atoms with E-state index in [4.69, 9.17) is 5.73 Å². The average molecular weight is 478 g/mol. The van der Waals surface area contributed by atoms with Gasteiger partial charge in [0.05, 0.1) is 11.6 Å². The summed E-state index contributed by atoms with van der Waals surface area (Å²) in [7, 11) is 1.78. The van der Waals surface area contributed by atoms with Crippen LogP contribution in [0.2, 0.25) is 0 Å². The SMILES string of the molecule is CC[C@H]1CN(C(=O)Nc2ccc(OC(F)(F)F)cc2C)CCN1c1nc(N)nc2c1cnn2C. The van der Waals surface area contributed by atoms with Crippen molar-refractivity contribution in [1.82, 2.24) is 24.6 Å². The van der Waals surface area contributed by atoms with Gasteiger partial charge in [0.15, 0.2) is 5.65 Å². The van der Waals surface area contributed by atoms with E-state index in [2.05, 4.69) is 30.0 Å². The standard InChI is InChI=1S/C21H25F3N8O2/c1-4-13-11-31(20(33)27-16-6-5-14(9-12(16)2)34-21(22,23)24)7-8-32(13)18-15-10-26-30(3)17(15)28-19(25)29-18/h5-6,9-10,13H,4,7-8,11H2,1-3H3,(H,27,33)(H2,25,28,29)/t13-/m0/s1. The molecule has 0 radical (unpaired) electrons. The number of nitrogen functional groups attached to an aromatic ring is 1. The van der Waals surface area contributed by atoms with Crippen LogP contribution in [0.25, 0.3) is 11.0 Å². The first-order chi connectivity index (χ1) is 16.1. The lowest BCUT2D eigenvalue weighted by Gasteiger charge is -2.42. The fourth-order valence-corrected chi connectivity index (χ4v) is 4.08. The molecular formula is C21H25F3N8O2. The first-order valence-electron chi connectivity index (χ1n) is 10.7. The number of aromatic nitrogens is 4. The monoisotopic (exact) mass is 478 g/mol. The van der Waals surface area contributed by atoms with Crippen molar-refractivity contribution in [2.24, 2.45) is 7.05 Å². The van der Waals surface area contributed by atoms with E-state index in [1.165, 1.54) is 18.2 Å². The first kappa shape index (κ1) is 23.4. The van der Waals surface area contributed by atoms with Crippen LogP contribution in [0, 0.1) is 6.92 Å². The molecule has 0 saturated carbocycles. The summed E-state index contributed by atoms with van der Waals surface area (Å²) in [4.78, 5) is 25.4. The molecular weight excluding hydrogens is 453 g/mol. The number of fused-ring (bicyclic) bond motifs is 1. The Morgan fingerprint density at radius 1 is 1.29 bits per heavy atom. The van der Waals surface area contributed by atoms with E-state index < -0.39 is 6.36 Å². The number of urea groups is 1. The second-order valence-electron chi connectivity index (χ2n) is 8.07. The lowest BCUT2D eigenvalue weighted by Crippen LogP contribution is -2.56. The number of carbonyl (C=O) groups is 1. The number of halogens is 3. The largest absolute Gasteiger partial charge is 0.573 e. The molecule has 182 valence electrons. The number of nitrogens with one attached hydrogen (secondary N) is 1. The molecule has 1 aliphatic rings. The Balaban J connectivity index is 1.48. The third-order valence-electron chi connectivity index (χ3n) is 5.78. The molecule has 3 aromatic rings. The number of ether oxygens (including phenoxy) is 1. The van der Waals surface area contributed by atoms with Crippen molar-refractivity contribution in [2.45, 2.75) is 32.7 Å². The number of carbonyl (C=O) groups excluding carboxylic acids is 1. The number of alkyl halides is 3. The van der Waals surface area contributed by atoms with Crippen molar-refractivity contribution in [1.29, 1.82) is 0 Å². The molecule has 0 spiro atoms. The molecule has 0 bridgehead atoms. The molecule has 3 heterocycles. The van der Waals surface area contributed by atoms with E-state index >= 15 is 0 Å². The highest BCUT2D eigenvalue weighted by Crippen LogP contribution is 2.30. The number of amides is 2. The molecule has 1 atom stereocenters. The maximum absolute atomic E-state index is 12.9. The van der Waals surface area contributed by atoms with Gasteiger partial charge in [-0.3, -0.25) is 4.68 Å². The van der Waals surface area contributed by atoms with Gasteiger partial charge in [0.2, 0.25) is 5.95 Å². The predicted molar refractivity (Wildman–Crippen MR) is 121 cm³/mol. The summed E-state index contributed by atoms with van der Waals surface area (Å²) in [5.41, 5.74) is 7.43. The zero-order chi connectivity index (χ0) is 24.6. The molecule has 1 aliphatic heterocycles. The van der Waals surface area contributed by atoms with Gasteiger partial charge in [-0.15, -0.1) is 13.2 Å². The van der Waals surface area contributed by atoms with Crippen molar-refractivity contribution in [2.75, 3.05) is 35.6 Å². The van der Waals surface area contributed by atoms with Crippen LogP contribution in [0.1, 0.15) is 18.9 Å². The Labute approximate surface area is 193 Å². The first-order valence-corrected chi connectivity index (χ1v) is 10.7. The number of rotatable bonds is 4. The highest BCUT2D eigenvalue weighted by atomic mass is 19.4. The van der Waals surface area contributed by atoms with Crippen molar-refractivity contribution in [3.63, 3.8) is 0 Å². The minimum absolute atomic E-state index is 0.0270.